The fourth-order valence-electron chi connectivity index (χ4n) is 2.27. The van der Waals surface area contributed by atoms with Crippen LogP contribution in [0.3, 0.4) is 0 Å². The maximum atomic E-state index is 13.2. The molecule has 0 aliphatic rings. The first-order valence-electron chi connectivity index (χ1n) is 6.97. The molecule has 25 heavy (non-hydrogen) atoms. The maximum Gasteiger partial charge on any atom is 0.433 e. The number of benzene rings is 1. The molecule has 0 aliphatic carbocycles. The molecule has 10 heteroatoms. The Morgan fingerprint density at radius 3 is 2.24 bits per heavy atom. The number of anilines is 1. The molecule has 1 heterocycles. The summed E-state index contributed by atoms with van der Waals surface area (Å²) in [5.74, 6) is -0.290. The van der Waals surface area contributed by atoms with Gasteiger partial charge in [-0.3, -0.25) is 9.89 Å². The van der Waals surface area contributed by atoms with Crippen LogP contribution in [0.5, 0.6) is 0 Å². The number of halogens is 6. The third-order valence-corrected chi connectivity index (χ3v) is 3.26. The lowest BCUT2D eigenvalue weighted by Gasteiger charge is -2.16. The Hall–Kier alpha value is -2.65. The summed E-state index contributed by atoms with van der Waals surface area (Å²) in [6, 6.07) is 7.81. The van der Waals surface area contributed by atoms with Crippen molar-refractivity contribution in [2.75, 3.05) is 12.4 Å². The summed E-state index contributed by atoms with van der Waals surface area (Å²) in [5, 5.41) is 4.39. The smallest absolute Gasteiger partial charge is 0.372 e. The molecule has 0 unspecified atom stereocenters. The number of hydrogen-bond acceptors (Lipinski definition) is 2. The lowest BCUT2D eigenvalue weighted by Crippen LogP contribution is -2.21. The quantitative estimate of drug-likeness (QED) is 0.797. The number of rotatable bonds is 4. The van der Waals surface area contributed by atoms with Crippen molar-refractivity contribution in [1.82, 2.24) is 9.78 Å². The summed E-state index contributed by atoms with van der Waals surface area (Å²) < 4.78 is 77.0. The SMILES string of the molecule is CNc1c(-c2ccccc2)c(=O)[nH]n1/C(=C\CC(F)(F)F)C(F)(F)F. The van der Waals surface area contributed by atoms with Gasteiger partial charge in [0.2, 0.25) is 0 Å². The molecule has 4 nitrogen and oxygen atoms in total. The molecule has 0 atom stereocenters. The number of hydrogen-bond donors (Lipinski definition) is 2. The number of nitrogens with one attached hydrogen (secondary N) is 2. The molecule has 1 aromatic carbocycles. The molecule has 0 bridgehead atoms. The van der Waals surface area contributed by atoms with E-state index in [2.05, 4.69) is 5.32 Å². The van der Waals surface area contributed by atoms with E-state index in [0.29, 0.717) is 5.56 Å². The topological polar surface area (TPSA) is 49.8 Å². The predicted molar refractivity (Wildman–Crippen MR) is 81.0 cm³/mol. The minimum atomic E-state index is -5.10. The van der Waals surface area contributed by atoms with Gasteiger partial charge in [-0.25, -0.2) is 4.68 Å². The van der Waals surface area contributed by atoms with Gasteiger partial charge in [-0.2, -0.15) is 26.3 Å². The molecule has 0 spiro atoms. The summed E-state index contributed by atoms with van der Waals surface area (Å²) >= 11 is 0. The molecule has 0 fully saturated rings. The summed E-state index contributed by atoms with van der Waals surface area (Å²) in [4.78, 5) is 12.1. The number of nitrogens with zero attached hydrogens (tertiary/aromatic N) is 1. The predicted octanol–water partition coefficient (Wildman–Crippen LogP) is 4.24. The third-order valence-electron chi connectivity index (χ3n) is 3.26. The molecular formula is C15H13F6N3O. The summed E-state index contributed by atoms with van der Waals surface area (Å²) in [6.07, 6.45) is -11.7. The van der Waals surface area contributed by atoms with Crippen molar-refractivity contribution in [3.8, 4) is 11.1 Å². The van der Waals surface area contributed by atoms with Gasteiger partial charge in [0.05, 0.1) is 12.0 Å². The van der Waals surface area contributed by atoms with Gasteiger partial charge in [-0.05, 0) is 11.6 Å². The second-order valence-electron chi connectivity index (χ2n) is 5.02. The van der Waals surface area contributed by atoms with Gasteiger partial charge >= 0.3 is 12.4 Å². The maximum absolute atomic E-state index is 13.2. The molecule has 0 aliphatic heterocycles. The molecule has 1 aromatic heterocycles. The lowest BCUT2D eigenvalue weighted by molar-refractivity contribution is -0.125. The summed E-state index contributed by atoms with van der Waals surface area (Å²) in [7, 11) is 1.27. The van der Waals surface area contributed by atoms with E-state index in [1.165, 1.54) is 19.2 Å². The normalized spacial score (nSPS) is 13.2. The molecule has 2 N–H and O–H groups in total. The van der Waals surface area contributed by atoms with Crippen LogP contribution in [0.1, 0.15) is 6.42 Å². The van der Waals surface area contributed by atoms with Crippen LogP contribution >= 0.6 is 0 Å². The van der Waals surface area contributed by atoms with E-state index in [9.17, 15) is 31.1 Å². The fourth-order valence-corrected chi connectivity index (χ4v) is 2.27. The highest BCUT2D eigenvalue weighted by Gasteiger charge is 2.39. The number of aromatic nitrogens is 2. The first-order valence-corrected chi connectivity index (χ1v) is 6.97. The number of allylic oxidation sites excluding steroid dienone is 2. The fraction of sp³-hybridized carbons (Fsp3) is 0.267. The molecule has 136 valence electrons. The van der Waals surface area contributed by atoms with Crippen LogP contribution in [0.25, 0.3) is 16.8 Å². The van der Waals surface area contributed by atoms with Crippen LogP contribution < -0.4 is 10.9 Å². The minimum absolute atomic E-state index is 0.00838. The van der Waals surface area contributed by atoms with Crippen LogP contribution in [0, 0.1) is 0 Å². The Morgan fingerprint density at radius 1 is 1.16 bits per heavy atom. The molecule has 0 amide bonds. The average molecular weight is 365 g/mol. The molecule has 0 saturated carbocycles. The van der Waals surface area contributed by atoms with Crippen LogP contribution in [0.4, 0.5) is 32.2 Å². The van der Waals surface area contributed by atoms with E-state index in [-0.39, 0.29) is 22.1 Å². The van der Waals surface area contributed by atoms with E-state index in [4.69, 9.17) is 0 Å². The third kappa shape index (κ3) is 4.25. The van der Waals surface area contributed by atoms with Gasteiger partial charge < -0.3 is 5.32 Å². The monoisotopic (exact) mass is 365 g/mol. The molecule has 0 saturated heterocycles. The van der Waals surface area contributed by atoms with E-state index in [1.807, 2.05) is 5.10 Å². The van der Waals surface area contributed by atoms with Gasteiger partial charge in [-0.15, -0.1) is 0 Å². The highest BCUT2D eigenvalue weighted by atomic mass is 19.4. The van der Waals surface area contributed by atoms with E-state index >= 15 is 0 Å². The van der Waals surface area contributed by atoms with E-state index < -0.39 is 30.0 Å². The zero-order valence-electron chi connectivity index (χ0n) is 12.8. The Morgan fingerprint density at radius 2 is 1.76 bits per heavy atom. The Bertz CT molecular complexity index is 815. The molecule has 2 rings (SSSR count). The van der Waals surface area contributed by atoms with Gasteiger partial charge in [0.25, 0.3) is 5.56 Å². The summed E-state index contributed by atoms with van der Waals surface area (Å²) in [5.41, 5.74) is -2.28. The summed E-state index contributed by atoms with van der Waals surface area (Å²) in [6.45, 7) is 0. The van der Waals surface area contributed by atoms with Crippen LogP contribution in [-0.2, 0) is 0 Å². The highest BCUT2D eigenvalue weighted by Crippen LogP contribution is 2.35. The molecule has 0 radical (unpaired) electrons. The van der Waals surface area contributed by atoms with E-state index in [1.54, 1.807) is 18.2 Å². The Kier molecular flexibility index (Phi) is 5.00. The Labute approximate surface area is 137 Å². The van der Waals surface area contributed by atoms with E-state index in [0.717, 1.165) is 0 Å². The van der Waals surface area contributed by atoms with Crippen molar-refractivity contribution < 1.29 is 26.3 Å². The molecular weight excluding hydrogens is 352 g/mol. The van der Waals surface area contributed by atoms with Crippen molar-refractivity contribution in [1.29, 1.82) is 0 Å². The lowest BCUT2D eigenvalue weighted by atomic mass is 10.1. The van der Waals surface area contributed by atoms with Crippen molar-refractivity contribution >= 4 is 11.5 Å². The number of aromatic amines is 1. The van der Waals surface area contributed by atoms with Crippen molar-refractivity contribution in [3.05, 3.63) is 46.8 Å². The zero-order chi connectivity index (χ0) is 18.8. The van der Waals surface area contributed by atoms with Crippen LogP contribution in [0.2, 0.25) is 0 Å². The first kappa shape index (κ1) is 18.7. The van der Waals surface area contributed by atoms with Crippen molar-refractivity contribution in [2.24, 2.45) is 0 Å². The highest BCUT2D eigenvalue weighted by molar-refractivity contribution is 5.77. The standard InChI is InChI=1S/C15H13F6N3O/c1-22-12-11(9-5-3-2-4-6-9)13(25)23-24(12)10(15(19,20)21)7-8-14(16,17)18/h2-7,22H,8H2,1H3,(H,23,25)/b10-7-. The first-order chi connectivity index (χ1) is 11.5. The second-order valence-corrected chi connectivity index (χ2v) is 5.02. The van der Waals surface area contributed by atoms with Crippen LogP contribution in [-0.4, -0.2) is 29.2 Å². The zero-order valence-corrected chi connectivity index (χ0v) is 12.8. The second kappa shape index (κ2) is 6.69. The molecule has 2 aromatic rings. The van der Waals surface area contributed by atoms with Gasteiger partial charge in [0.15, 0.2) is 0 Å². The van der Waals surface area contributed by atoms with Gasteiger partial charge in [0, 0.05) is 7.05 Å². The largest absolute Gasteiger partial charge is 0.433 e. The Balaban J connectivity index is 2.66. The van der Waals surface area contributed by atoms with Crippen molar-refractivity contribution in [2.45, 2.75) is 18.8 Å². The average Bonchev–Trinajstić information content (AvgIpc) is 2.82. The van der Waals surface area contributed by atoms with Crippen molar-refractivity contribution in [3.63, 3.8) is 0 Å². The van der Waals surface area contributed by atoms with Crippen LogP contribution in [0.15, 0.2) is 41.2 Å². The number of H-pyrrole nitrogens is 1. The minimum Gasteiger partial charge on any atom is -0.372 e. The van der Waals surface area contributed by atoms with Gasteiger partial charge in [0.1, 0.15) is 11.5 Å². The van der Waals surface area contributed by atoms with Gasteiger partial charge in [-0.1, -0.05) is 30.3 Å². The number of alkyl halides is 6.